The van der Waals surface area contributed by atoms with E-state index in [0.29, 0.717) is 10.0 Å². The Hall–Kier alpha value is -0.530. The van der Waals surface area contributed by atoms with Gasteiger partial charge in [0.05, 0.1) is 10.0 Å². The molecule has 3 heteroatoms. The standard InChI is InChI=1S/C9H7Cl2O/c1-6(5-12)7-2-3-8(10)9(11)4-7/h2-4,6H,1H3. The summed E-state index contributed by atoms with van der Waals surface area (Å²) in [6.45, 7) is 1.76. The second-order valence-corrected chi connectivity index (χ2v) is 3.33. The fraction of sp³-hybridized carbons (Fsp3) is 0.222. The van der Waals surface area contributed by atoms with Crippen molar-refractivity contribution in [2.45, 2.75) is 12.8 Å². The minimum Gasteiger partial charge on any atom is -0.290 e. The summed E-state index contributed by atoms with van der Waals surface area (Å²) in [5.41, 5.74) is 0.833. The lowest BCUT2D eigenvalue weighted by Gasteiger charge is -2.03. The van der Waals surface area contributed by atoms with Gasteiger partial charge in [-0.05, 0) is 17.7 Å². The Kier molecular flexibility index (Phi) is 3.12. The van der Waals surface area contributed by atoms with E-state index in [4.69, 9.17) is 23.2 Å². The Morgan fingerprint density at radius 1 is 1.33 bits per heavy atom. The summed E-state index contributed by atoms with van der Waals surface area (Å²) in [5, 5.41) is 0.967. The van der Waals surface area contributed by atoms with Gasteiger partial charge in [0.1, 0.15) is 0 Å². The van der Waals surface area contributed by atoms with Crippen LogP contribution in [0, 0.1) is 0 Å². The van der Waals surface area contributed by atoms with Crippen LogP contribution in [0.25, 0.3) is 0 Å². The molecule has 0 aliphatic rings. The van der Waals surface area contributed by atoms with E-state index in [1.54, 1.807) is 25.1 Å². The first kappa shape index (κ1) is 9.56. The molecule has 63 valence electrons. The molecular weight excluding hydrogens is 195 g/mol. The van der Waals surface area contributed by atoms with Crippen LogP contribution in [0.4, 0.5) is 0 Å². The maximum atomic E-state index is 10.3. The number of hydrogen-bond donors (Lipinski definition) is 0. The summed E-state index contributed by atoms with van der Waals surface area (Å²) in [5.74, 6) is -0.250. The molecule has 1 nitrogen and oxygen atoms in total. The summed E-state index contributed by atoms with van der Waals surface area (Å²) in [6, 6.07) is 5.12. The predicted octanol–water partition coefficient (Wildman–Crippen LogP) is 3.21. The Balaban J connectivity index is 3.04. The molecule has 12 heavy (non-hydrogen) atoms. The average Bonchev–Trinajstić information content (AvgIpc) is 2.08. The van der Waals surface area contributed by atoms with Gasteiger partial charge in [0, 0.05) is 5.92 Å². The zero-order valence-electron chi connectivity index (χ0n) is 6.47. The minimum atomic E-state index is -0.250. The Morgan fingerprint density at radius 3 is 2.50 bits per heavy atom. The molecule has 1 unspecified atom stereocenters. The molecule has 0 heterocycles. The zero-order valence-corrected chi connectivity index (χ0v) is 7.99. The van der Waals surface area contributed by atoms with Crippen molar-refractivity contribution in [3.05, 3.63) is 33.8 Å². The number of benzene rings is 1. The van der Waals surface area contributed by atoms with E-state index in [1.165, 1.54) is 0 Å². The highest BCUT2D eigenvalue weighted by Gasteiger charge is 2.06. The molecule has 0 bridgehead atoms. The summed E-state index contributed by atoms with van der Waals surface area (Å²) in [4.78, 5) is 10.3. The van der Waals surface area contributed by atoms with Crippen molar-refractivity contribution >= 4 is 29.5 Å². The molecule has 0 saturated heterocycles. The van der Waals surface area contributed by atoms with E-state index in [1.807, 2.05) is 6.29 Å². The van der Waals surface area contributed by atoms with Crippen LogP contribution in [0.1, 0.15) is 18.4 Å². The maximum absolute atomic E-state index is 10.3. The highest BCUT2D eigenvalue weighted by atomic mass is 35.5. The molecule has 0 saturated carbocycles. The monoisotopic (exact) mass is 201 g/mol. The first-order valence-electron chi connectivity index (χ1n) is 3.47. The van der Waals surface area contributed by atoms with Gasteiger partial charge in [-0.2, -0.15) is 0 Å². The topological polar surface area (TPSA) is 17.1 Å². The Morgan fingerprint density at radius 2 is 2.00 bits per heavy atom. The molecule has 1 radical (unpaired) electrons. The van der Waals surface area contributed by atoms with E-state index in [0.717, 1.165) is 5.56 Å². The molecule has 0 spiro atoms. The molecule has 0 amide bonds. The zero-order chi connectivity index (χ0) is 9.14. The number of hydrogen-bond acceptors (Lipinski definition) is 1. The molecular formula is C9H7Cl2O. The SMILES string of the molecule is CC([C]=O)c1ccc(Cl)c(Cl)c1. The summed E-state index contributed by atoms with van der Waals surface area (Å²) >= 11 is 11.5. The lowest BCUT2D eigenvalue weighted by Crippen LogP contribution is -1.93. The van der Waals surface area contributed by atoms with Crippen LogP contribution < -0.4 is 0 Å². The van der Waals surface area contributed by atoms with Crippen molar-refractivity contribution in [1.29, 1.82) is 0 Å². The third-order valence-electron chi connectivity index (χ3n) is 1.62. The number of halogens is 2. The van der Waals surface area contributed by atoms with Crippen molar-refractivity contribution in [2.75, 3.05) is 0 Å². The normalized spacial score (nSPS) is 12.6. The maximum Gasteiger partial charge on any atom is 0.206 e. The first-order chi connectivity index (χ1) is 5.65. The number of carbonyl (C=O) groups excluding carboxylic acids is 1. The smallest absolute Gasteiger partial charge is 0.206 e. The van der Waals surface area contributed by atoms with Gasteiger partial charge in [-0.1, -0.05) is 36.2 Å². The summed E-state index contributed by atoms with van der Waals surface area (Å²) < 4.78 is 0. The Labute approximate surface area is 81.3 Å². The van der Waals surface area contributed by atoms with Gasteiger partial charge in [0.25, 0.3) is 0 Å². The highest BCUT2D eigenvalue weighted by molar-refractivity contribution is 6.42. The molecule has 0 N–H and O–H groups in total. The van der Waals surface area contributed by atoms with Gasteiger partial charge in [-0.25, -0.2) is 0 Å². The molecule has 0 fully saturated rings. The number of rotatable bonds is 2. The van der Waals surface area contributed by atoms with E-state index < -0.39 is 0 Å². The van der Waals surface area contributed by atoms with E-state index in [9.17, 15) is 4.79 Å². The second kappa shape index (κ2) is 3.92. The van der Waals surface area contributed by atoms with E-state index in [2.05, 4.69) is 0 Å². The van der Waals surface area contributed by atoms with Crippen LogP contribution in [0.5, 0.6) is 0 Å². The molecule has 0 aliphatic carbocycles. The van der Waals surface area contributed by atoms with Gasteiger partial charge in [0.15, 0.2) is 0 Å². The third-order valence-corrected chi connectivity index (χ3v) is 2.36. The molecule has 1 aromatic carbocycles. The van der Waals surface area contributed by atoms with Gasteiger partial charge in [-0.3, -0.25) is 4.79 Å². The minimum absolute atomic E-state index is 0.250. The van der Waals surface area contributed by atoms with Crippen LogP contribution in [0.2, 0.25) is 10.0 Å². The van der Waals surface area contributed by atoms with Gasteiger partial charge >= 0.3 is 0 Å². The van der Waals surface area contributed by atoms with Crippen molar-refractivity contribution in [3.63, 3.8) is 0 Å². The van der Waals surface area contributed by atoms with Crippen molar-refractivity contribution in [2.24, 2.45) is 0 Å². The van der Waals surface area contributed by atoms with E-state index >= 15 is 0 Å². The largest absolute Gasteiger partial charge is 0.290 e. The molecule has 1 atom stereocenters. The van der Waals surface area contributed by atoms with Crippen LogP contribution in [-0.2, 0) is 4.79 Å². The van der Waals surface area contributed by atoms with Crippen LogP contribution in [0.3, 0.4) is 0 Å². The van der Waals surface area contributed by atoms with Crippen LogP contribution in [0.15, 0.2) is 18.2 Å². The lowest BCUT2D eigenvalue weighted by atomic mass is 10.0. The van der Waals surface area contributed by atoms with Crippen molar-refractivity contribution in [1.82, 2.24) is 0 Å². The average molecular weight is 202 g/mol. The fourth-order valence-electron chi connectivity index (χ4n) is 0.850. The molecule has 1 aromatic rings. The molecule has 1 rings (SSSR count). The third kappa shape index (κ3) is 1.99. The van der Waals surface area contributed by atoms with Crippen LogP contribution >= 0.6 is 23.2 Å². The van der Waals surface area contributed by atoms with Gasteiger partial charge < -0.3 is 0 Å². The van der Waals surface area contributed by atoms with Crippen LogP contribution in [-0.4, -0.2) is 6.29 Å². The predicted molar refractivity (Wildman–Crippen MR) is 50.6 cm³/mol. The van der Waals surface area contributed by atoms with Crippen molar-refractivity contribution in [3.8, 4) is 0 Å². The lowest BCUT2D eigenvalue weighted by molar-refractivity contribution is 0.546. The molecule has 0 aromatic heterocycles. The summed E-state index contributed by atoms with van der Waals surface area (Å²) in [6.07, 6.45) is 1.88. The first-order valence-corrected chi connectivity index (χ1v) is 4.23. The quantitative estimate of drug-likeness (QED) is 0.719. The Bertz CT molecular complexity index is 297. The van der Waals surface area contributed by atoms with E-state index in [-0.39, 0.29) is 5.92 Å². The summed E-state index contributed by atoms with van der Waals surface area (Å²) in [7, 11) is 0. The van der Waals surface area contributed by atoms with Gasteiger partial charge in [0.2, 0.25) is 6.29 Å². The highest BCUT2D eigenvalue weighted by Crippen LogP contribution is 2.25. The van der Waals surface area contributed by atoms with Crippen molar-refractivity contribution < 1.29 is 4.79 Å². The fourth-order valence-corrected chi connectivity index (χ4v) is 1.16. The van der Waals surface area contributed by atoms with Gasteiger partial charge in [-0.15, -0.1) is 0 Å². The molecule has 0 aliphatic heterocycles. The second-order valence-electron chi connectivity index (χ2n) is 2.51.